The molecule has 3 nitrogen and oxygen atoms in total. The number of hydrogen-bond donors (Lipinski definition) is 0. The van der Waals surface area contributed by atoms with Crippen LogP contribution in [0.15, 0.2) is 18.2 Å². The van der Waals surface area contributed by atoms with Crippen LogP contribution in [0.1, 0.15) is 18.9 Å². The first-order valence-electron chi connectivity index (χ1n) is 5.72. The number of carbonyl (C=O) groups excluding carboxylic acids is 1. The third-order valence-electron chi connectivity index (χ3n) is 3.05. The number of halogens is 1. The lowest BCUT2D eigenvalue weighted by Crippen LogP contribution is -3.00. The largest absolute Gasteiger partial charge is 1.00 e. The van der Waals surface area contributed by atoms with E-state index in [9.17, 15) is 4.79 Å². The summed E-state index contributed by atoms with van der Waals surface area (Å²) in [6.45, 7) is 6.80. The Hall–Kier alpha value is -0.690. The third kappa shape index (κ3) is 2.66. The normalized spacial score (nSPS) is 10.2. The Balaban J connectivity index is 0.00000162. The summed E-state index contributed by atoms with van der Waals surface area (Å²) in [5, 5.41) is 1.30. The van der Waals surface area contributed by atoms with Gasteiger partial charge in [-0.15, -0.1) is 0 Å². The first-order valence-corrected chi connectivity index (χ1v) is 6.53. The molecule has 0 aliphatic rings. The lowest BCUT2D eigenvalue weighted by Gasteiger charge is -2.13. The third-order valence-corrected chi connectivity index (χ3v) is 4.13. The molecule has 1 aromatic heterocycles. The number of benzene rings is 1. The number of nitrogens with zero attached hydrogens (tertiary/aromatic N) is 2. The van der Waals surface area contributed by atoms with Crippen LogP contribution >= 0.6 is 11.3 Å². The van der Waals surface area contributed by atoms with Crippen molar-refractivity contribution in [1.82, 2.24) is 0 Å². The standard InChI is InChI=1S/C13H17N2OS.HI/c1-5-15-10(3)17-13-7-6-11(8-12(13)15)14(4)9(2)16;/h6-8H,5H2,1-4H3;1H/q+1;/p-1. The van der Waals surface area contributed by atoms with E-state index in [4.69, 9.17) is 0 Å². The first kappa shape index (κ1) is 15.4. The van der Waals surface area contributed by atoms with Crippen molar-refractivity contribution in [2.75, 3.05) is 11.9 Å². The van der Waals surface area contributed by atoms with Crippen molar-refractivity contribution in [3.63, 3.8) is 0 Å². The molecule has 0 atom stereocenters. The molecule has 0 aliphatic carbocycles. The predicted molar refractivity (Wildman–Crippen MR) is 71.5 cm³/mol. The van der Waals surface area contributed by atoms with Crippen LogP contribution in [0, 0.1) is 6.92 Å². The minimum atomic E-state index is 0. The Labute approximate surface area is 128 Å². The van der Waals surface area contributed by atoms with Gasteiger partial charge in [-0.3, -0.25) is 4.79 Å². The fourth-order valence-electron chi connectivity index (χ4n) is 1.97. The molecule has 1 aromatic carbocycles. The molecule has 98 valence electrons. The van der Waals surface area contributed by atoms with Crippen LogP contribution in [-0.2, 0) is 11.3 Å². The highest BCUT2D eigenvalue weighted by Crippen LogP contribution is 2.24. The molecule has 0 unspecified atom stereocenters. The summed E-state index contributed by atoms with van der Waals surface area (Å²) in [6.07, 6.45) is 0. The monoisotopic (exact) mass is 376 g/mol. The van der Waals surface area contributed by atoms with E-state index in [-0.39, 0.29) is 29.9 Å². The quantitative estimate of drug-likeness (QED) is 0.513. The fourth-order valence-corrected chi connectivity index (χ4v) is 3.04. The van der Waals surface area contributed by atoms with Crippen molar-refractivity contribution in [2.45, 2.75) is 27.3 Å². The summed E-state index contributed by atoms with van der Waals surface area (Å²) in [6, 6.07) is 6.18. The van der Waals surface area contributed by atoms with E-state index in [1.807, 2.05) is 6.07 Å². The van der Waals surface area contributed by atoms with Crippen molar-refractivity contribution in [3.05, 3.63) is 23.2 Å². The number of hydrogen-bond acceptors (Lipinski definition) is 2. The second-order valence-corrected chi connectivity index (χ2v) is 5.33. The average Bonchev–Trinajstić information content (AvgIpc) is 2.62. The van der Waals surface area contributed by atoms with E-state index in [0.29, 0.717) is 0 Å². The van der Waals surface area contributed by atoms with Crippen LogP contribution in [0.2, 0.25) is 0 Å². The zero-order valence-corrected chi connectivity index (χ0v) is 14.0. The van der Waals surface area contributed by atoms with Crippen LogP contribution < -0.4 is 33.4 Å². The van der Waals surface area contributed by atoms with Crippen LogP contribution in [0.5, 0.6) is 0 Å². The zero-order chi connectivity index (χ0) is 12.6. The van der Waals surface area contributed by atoms with E-state index < -0.39 is 0 Å². The maximum atomic E-state index is 11.4. The van der Waals surface area contributed by atoms with Crippen LogP contribution in [0.3, 0.4) is 0 Å². The van der Waals surface area contributed by atoms with Gasteiger partial charge in [0.1, 0.15) is 11.2 Å². The molecule has 0 spiro atoms. The predicted octanol–water partition coefficient (Wildman–Crippen LogP) is -0.496. The number of fused-ring (bicyclic) bond motifs is 1. The van der Waals surface area contributed by atoms with E-state index in [0.717, 1.165) is 12.2 Å². The number of amides is 1. The summed E-state index contributed by atoms with van der Waals surface area (Å²) < 4.78 is 3.54. The van der Waals surface area contributed by atoms with Crippen LogP contribution in [-0.4, -0.2) is 13.0 Å². The average molecular weight is 376 g/mol. The second kappa shape index (κ2) is 5.97. The number of rotatable bonds is 2. The number of carbonyl (C=O) groups is 1. The number of thiazole rings is 1. The van der Waals surface area contributed by atoms with Gasteiger partial charge in [0.2, 0.25) is 16.4 Å². The summed E-state index contributed by atoms with van der Waals surface area (Å²) in [4.78, 5) is 13.0. The molecule has 0 bridgehead atoms. The summed E-state index contributed by atoms with van der Waals surface area (Å²) in [7, 11) is 1.80. The van der Waals surface area contributed by atoms with E-state index in [2.05, 4.69) is 30.5 Å². The molecule has 1 amide bonds. The first-order chi connectivity index (χ1) is 8.04. The second-order valence-electron chi connectivity index (χ2n) is 4.10. The summed E-state index contributed by atoms with van der Waals surface area (Å²) >= 11 is 1.79. The van der Waals surface area contributed by atoms with Crippen molar-refractivity contribution < 1.29 is 33.3 Å². The minimum Gasteiger partial charge on any atom is -1.00 e. The molecule has 0 N–H and O–H groups in total. The maximum Gasteiger partial charge on any atom is 0.235 e. The van der Waals surface area contributed by atoms with Gasteiger partial charge in [-0.1, -0.05) is 11.3 Å². The highest BCUT2D eigenvalue weighted by molar-refractivity contribution is 7.18. The summed E-state index contributed by atoms with van der Waals surface area (Å²) in [5.41, 5.74) is 2.16. The van der Waals surface area contributed by atoms with Crippen molar-refractivity contribution in [1.29, 1.82) is 0 Å². The zero-order valence-electron chi connectivity index (χ0n) is 11.0. The molecule has 0 saturated carbocycles. The molecule has 0 radical (unpaired) electrons. The van der Waals surface area contributed by atoms with Crippen LogP contribution in [0.4, 0.5) is 5.69 Å². The fraction of sp³-hybridized carbons (Fsp3) is 0.385. The maximum absolute atomic E-state index is 11.4. The van der Waals surface area contributed by atoms with Gasteiger partial charge in [0.05, 0.1) is 0 Å². The lowest BCUT2D eigenvalue weighted by molar-refractivity contribution is -0.669. The molecule has 5 heteroatoms. The number of aromatic nitrogens is 1. The smallest absolute Gasteiger partial charge is 0.235 e. The van der Waals surface area contributed by atoms with Gasteiger partial charge in [-0.2, -0.15) is 4.57 Å². The molecule has 0 fully saturated rings. The van der Waals surface area contributed by atoms with Gasteiger partial charge in [0, 0.05) is 32.6 Å². The lowest BCUT2D eigenvalue weighted by atomic mass is 10.2. The molecule has 18 heavy (non-hydrogen) atoms. The molecule has 0 saturated heterocycles. The molecular formula is C13H17IN2OS. The highest BCUT2D eigenvalue weighted by atomic mass is 127. The van der Waals surface area contributed by atoms with Gasteiger partial charge in [-0.25, -0.2) is 0 Å². The topological polar surface area (TPSA) is 24.2 Å². The Morgan fingerprint density at radius 1 is 1.44 bits per heavy atom. The van der Waals surface area contributed by atoms with Crippen molar-refractivity contribution in [2.24, 2.45) is 0 Å². The molecule has 2 rings (SSSR count). The Morgan fingerprint density at radius 3 is 2.67 bits per heavy atom. The Morgan fingerprint density at radius 2 is 2.11 bits per heavy atom. The highest BCUT2D eigenvalue weighted by Gasteiger charge is 2.17. The molecule has 0 aliphatic heterocycles. The van der Waals surface area contributed by atoms with E-state index >= 15 is 0 Å². The summed E-state index contributed by atoms with van der Waals surface area (Å²) in [5.74, 6) is 0.0550. The van der Waals surface area contributed by atoms with Gasteiger partial charge in [0.15, 0.2) is 0 Å². The van der Waals surface area contributed by atoms with Gasteiger partial charge < -0.3 is 28.9 Å². The Bertz CT molecular complexity index is 580. The SMILES string of the molecule is CC[n+]1c(C)sc2ccc(N(C)C(C)=O)cc21.[I-]. The Kier molecular flexibility index (Phi) is 5.10. The van der Waals surface area contributed by atoms with E-state index in [1.54, 1.807) is 30.2 Å². The molecule has 2 aromatic rings. The number of anilines is 1. The minimum absolute atomic E-state index is 0. The van der Waals surface area contributed by atoms with Crippen LogP contribution in [0.25, 0.3) is 10.2 Å². The number of aryl methyl sites for hydroxylation is 2. The van der Waals surface area contributed by atoms with Gasteiger partial charge in [0.25, 0.3) is 0 Å². The molecule has 1 heterocycles. The molecular weight excluding hydrogens is 359 g/mol. The van der Waals surface area contributed by atoms with Crippen molar-refractivity contribution >= 4 is 33.1 Å². The van der Waals surface area contributed by atoms with Crippen molar-refractivity contribution in [3.8, 4) is 0 Å². The van der Waals surface area contributed by atoms with E-state index in [1.165, 1.54) is 15.2 Å². The van der Waals surface area contributed by atoms with Gasteiger partial charge >= 0.3 is 0 Å². The van der Waals surface area contributed by atoms with Gasteiger partial charge in [-0.05, 0) is 19.1 Å².